The summed E-state index contributed by atoms with van der Waals surface area (Å²) in [6.07, 6.45) is 2.91. The Morgan fingerprint density at radius 2 is 1.91 bits per heavy atom. The normalized spacial score (nSPS) is 20.5. The zero-order valence-electron chi connectivity index (χ0n) is 13.4. The van der Waals surface area contributed by atoms with Crippen molar-refractivity contribution < 1.29 is 19.1 Å². The molecule has 120 valence electrons. The molecule has 2 rings (SSSR count). The van der Waals surface area contributed by atoms with Gasteiger partial charge in [0.1, 0.15) is 12.3 Å². The lowest BCUT2D eigenvalue weighted by atomic mass is 9.79. The van der Waals surface area contributed by atoms with Gasteiger partial charge in [-0.25, -0.2) is 0 Å². The van der Waals surface area contributed by atoms with Gasteiger partial charge in [0.2, 0.25) is 5.91 Å². The quantitative estimate of drug-likeness (QED) is 0.574. The molecule has 5 nitrogen and oxygen atoms in total. The van der Waals surface area contributed by atoms with Crippen molar-refractivity contribution in [3.05, 3.63) is 29.8 Å². The maximum atomic E-state index is 12.3. The van der Waals surface area contributed by atoms with Crippen molar-refractivity contribution >= 4 is 11.9 Å². The van der Waals surface area contributed by atoms with Gasteiger partial charge >= 0.3 is 5.97 Å². The van der Waals surface area contributed by atoms with Crippen LogP contribution in [0.1, 0.15) is 37.8 Å². The van der Waals surface area contributed by atoms with E-state index in [1.54, 1.807) is 12.0 Å². The molecule has 1 aliphatic heterocycles. The Labute approximate surface area is 131 Å². The van der Waals surface area contributed by atoms with Gasteiger partial charge in [-0.3, -0.25) is 9.59 Å². The molecule has 5 heteroatoms. The highest BCUT2D eigenvalue weighted by molar-refractivity contribution is 5.90. The molecule has 1 heterocycles. The van der Waals surface area contributed by atoms with Crippen LogP contribution in [-0.2, 0) is 14.3 Å². The predicted molar refractivity (Wildman–Crippen MR) is 82.5 cm³/mol. The van der Waals surface area contributed by atoms with Crippen LogP contribution in [0.5, 0.6) is 5.75 Å². The molecule has 0 aromatic heterocycles. The van der Waals surface area contributed by atoms with Crippen LogP contribution < -0.4 is 4.74 Å². The zero-order chi connectivity index (χ0) is 16.1. The molecular formula is C17H23NO4. The SMILES string of the molecule is CCCC[C@@H]1C(=O)N(CC(=O)OC)[C@H]1c1ccc(OC)cc1. The van der Waals surface area contributed by atoms with Crippen LogP contribution in [0, 0.1) is 5.92 Å². The second kappa shape index (κ2) is 7.29. The Bertz CT molecular complexity index is 526. The molecule has 1 aromatic carbocycles. The van der Waals surface area contributed by atoms with E-state index >= 15 is 0 Å². The summed E-state index contributed by atoms with van der Waals surface area (Å²) in [5, 5.41) is 0. The van der Waals surface area contributed by atoms with Crippen molar-refractivity contribution in [2.45, 2.75) is 32.2 Å². The molecule has 1 amide bonds. The smallest absolute Gasteiger partial charge is 0.325 e. The number of rotatable bonds is 7. The highest BCUT2D eigenvalue weighted by atomic mass is 16.5. The van der Waals surface area contributed by atoms with Gasteiger partial charge in [0, 0.05) is 0 Å². The Morgan fingerprint density at radius 3 is 2.45 bits per heavy atom. The second-order valence-electron chi connectivity index (χ2n) is 5.51. The lowest BCUT2D eigenvalue weighted by Crippen LogP contribution is -2.56. The van der Waals surface area contributed by atoms with E-state index in [0.29, 0.717) is 0 Å². The van der Waals surface area contributed by atoms with E-state index in [2.05, 4.69) is 11.7 Å². The Hall–Kier alpha value is -2.04. The van der Waals surface area contributed by atoms with Crippen molar-refractivity contribution in [2.24, 2.45) is 5.92 Å². The Morgan fingerprint density at radius 1 is 1.23 bits per heavy atom. The van der Waals surface area contributed by atoms with Crippen LogP contribution in [-0.4, -0.2) is 37.5 Å². The molecular weight excluding hydrogens is 282 g/mol. The third-order valence-corrected chi connectivity index (χ3v) is 4.17. The number of unbranched alkanes of at least 4 members (excludes halogenated alkanes) is 1. The number of methoxy groups -OCH3 is 2. The molecule has 1 aliphatic rings. The lowest BCUT2D eigenvalue weighted by Gasteiger charge is -2.47. The van der Waals surface area contributed by atoms with Gasteiger partial charge in [-0.1, -0.05) is 31.9 Å². The summed E-state index contributed by atoms with van der Waals surface area (Å²) in [7, 11) is 2.96. The topological polar surface area (TPSA) is 55.8 Å². The van der Waals surface area contributed by atoms with Gasteiger partial charge in [-0.15, -0.1) is 0 Å². The summed E-state index contributed by atoms with van der Waals surface area (Å²) in [5.41, 5.74) is 1.03. The fourth-order valence-electron chi connectivity index (χ4n) is 2.92. The molecule has 0 bridgehead atoms. The van der Waals surface area contributed by atoms with Crippen LogP contribution in [0.3, 0.4) is 0 Å². The number of esters is 1. The molecule has 0 saturated carbocycles. The standard InChI is InChI=1S/C17H23NO4/c1-4-5-6-14-16(12-7-9-13(21-2)10-8-12)18(17(14)20)11-15(19)22-3/h7-10,14,16H,4-6,11H2,1-3H3/t14-,16-/m0/s1. The van der Waals surface area contributed by atoms with Crippen molar-refractivity contribution in [2.75, 3.05) is 20.8 Å². The average molecular weight is 305 g/mol. The van der Waals surface area contributed by atoms with Crippen molar-refractivity contribution in [3.8, 4) is 5.75 Å². The first-order chi connectivity index (χ1) is 10.6. The minimum absolute atomic E-state index is 0.00859. The number of hydrogen-bond donors (Lipinski definition) is 0. The third-order valence-electron chi connectivity index (χ3n) is 4.17. The molecule has 1 saturated heterocycles. The summed E-state index contributed by atoms with van der Waals surface area (Å²) in [6.45, 7) is 2.12. The fraction of sp³-hybridized carbons (Fsp3) is 0.529. The summed E-state index contributed by atoms with van der Waals surface area (Å²) in [6, 6.07) is 7.62. The monoisotopic (exact) mass is 305 g/mol. The predicted octanol–water partition coefficient (Wildman–Crippen LogP) is 2.56. The molecule has 1 aromatic rings. The Balaban J connectivity index is 2.18. The van der Waals surface area contributed by atoms with E-state index in [9.17, 15) is 9.59 Å². The first-order valence-corrected chi connectivity index (χ1v) is 7.63. The van der Waals surface area contributed by atoms with Gasteiger partial charge in [-0.2, -0.15) is 0 Å². The highest BCUT2D eigenvalue weighted by Gasteiger charge is 2.47. The van der Waals surface area contributed by atoms with Crippen LogP contribution in [0.4, 0.5) is 0 Å². The molecule has 0 unspecified atom stereocenters. The van der Waals surface area contributed by atoms with E-state index in [-0.39, 0.29) is 30.4 Å². The minimum atomic E-state index is -0.388. The van der Waals surface area contributed by atoms with E-state index in [1.165, 1.54) is 7.11 Å². The van der Waals surface area contributed by atoms with Crippen molar-refractivity contribution in [3.63, 3.8) is 0 Å². The van der Waals surface area contributed by atoms with Crippen LogP contribution >= 0.6 is 0 Å². The lowest BCUT2D eigenvalue weighted by molar-refractivity contribution is -0.165. The van der Waals surface area contributed by atoms with Gasteiger partial charge in [-0.05, 0) is 24.1 Å². The molecule has 1 fully saturated rings. The third kappa shape index (κ3) is 3.24. The number of carbonyl (C=O) groups excluding carboxylic acids is 2. The maximum Gasteiger partial charge on any atom is 0.325 e. The van der Waals surface area contributed by atoms with Crippen LogP contribution in [0.15, 0.2) is 24.3 Å². The number of benzene rings is 1. The van der Waals surface area contributed by atoms with Gasteiger partial charge in [0.05, 0.1) is 26.2 Å². The summed E-state index contributed by atoms with van der Waals surface area (Å²) >= 11 is 0. The number of hydrogen-bond acceptors (Lipinski definition) is 4. The molecule has 0 spiro atoms. The first kappa shape index (κ1) is 16.3. The van der Waals surface area contributed by atoms with Gasteiger partial charge < -0.3 is 14.4 Å². The van der Waals surface area contributed by atoms with Crippen LogP contribution in [0.2, 0.25) is 0 Å². The van der Waals surface area contributed by atoms with Crippen molar-refractivity contribution in [1.82, 2.24) is 4.90 Å². The maximum absolute atomic E-state index is 12.3. The summed E-state index contributed by atoms with van der Waals surface area (Å²) in [4.78, 5) is 25.4. The van der Waals surface area contributed by atoms with Gasteiger partial charge in [0.15, 0.2) is 0 Å². The Kier molecular flexibility index (Phi) is 5.41. The highest BCUT2D eigenvalue weighted by Crippen LogP contribution is 2.42. The number of carbonyl (C=O) groups is 2. The van der Waals surface area contributed by atoms with Crippen molar-refractivity contribution in [1.29, 1.82) is 0 Å². The second-order valence-corrected chi connectivity index (χ2v) is 5.51. The van der Waals surface area contributed by atoms with E-state index in [1.807, 2.05) is 24.3 Å². The molecule has 0 radical (unpaired) electrons. The molecule has 22 heavy (non-hydrogen) atoms. The minimum Gasteiger partial charge on any atom is -0.497 e. The number of nitrogens with zero attached hydrogens (tertiary/aromatic N) is 1. The summed E-state index contributed by atoms with van der Waals surface area (Å²) < 4.78 is 9.86. The van der Waals surface area contributed by atoms with E-state index in [0.717, 1.165) is 30.6 Å². The number of likely N-dealkylation sites (tertiary alicyclic amines) is 1. The largest absolute Gasteiger partial charge is 0.497 e. The average Bonchev–Trinajstić information content (AvgIpc) is 2.56. The van der Waals surface area contributed by atoms with Crippen LogP contribution in [0.25, 0.3) is 0 Å². The summed E-state index contributed by atoms with van der Waals surface area (Å²) in [5.74, 6) is 0.387. The number of amides is 1. The molecule has 0 N–H and O–H groups in total. The van der Waals surface area contributed by atoms with Gasteiger partial charge in [0.25, 0.3) is 0 Å². The molecule has 2 atom stereocenters. The number of ether oxygens (including phenoxy) is 2. The van der Waals surface area contributed by atoms with E-state index < -0.39 is 0 Å². The number of β-lactam (4-membered cyclic amide) rings is 1. The molecule has 0 aliphatic carbocycles. The zero-order valence-corrected chi connectivity index (χ0v) is 13.4. The first-order valence-electron chi connectivity index (χ1n) is 7.63. The fourth-order valence-corrected chi connectivity index (χ4v) is 2.92. The van der Waals surface area contributed by atoms with E-state index in [4.69, 9.17) is 4.74 Å².